The Morgan fingerprint density at radius 2 is 2.03 bits per heavy atom. The number of ether oxygens (including phenoxy) is 2. The van der Waals surface area contributed by atoms with Gasteiger partial charge in [0.15, 0.2) is 0 Å². The first-order chi connectivity index (χ1) is 18.0. The number of benzene rings is 2. The number of halogens is 4. The fraction of sp³-hybridized carbons (Fsp3) is 0.483. The zero-order valence-electron chi connectivity index (χ0n) is 21.9. The van der Waals surface area contributed by atoms with Gasteiger partial charge in [0.2, 0.25) is 0 Å². The van der Waals surface area contributed by atoms with E-state index in [1.807, 2.05) is 6.07 Å². The quantitative estimate of drug-likeness (QED) is 0.221. The maximum atomic E-state index is 14.0. The van der Waals surface area contributed by atoms with E-state index in [1.54, 1.807) is 32.9 Å². The van der Waals surface area contributed by atoms with Gasteiger partial charge in [-0.2, -0.15) is 13.2 Å². The molecular formula is C29H35F4NO4. The van der Waals surface area contributed by atoms with Gasteiger partial charge >= 0.3 is 12.1 Å². The third-order valence-electron chi connectivity index (χ3n) is 6.75. The lowest BCUT2D eigenvalue weighted by Crippen LogP contribution is -2.39. The Hall–Kier alpha value is -2.75. The van der Waals surface area contributed by atoms with Gasteiger partial charge in [0, 0.05) is 18.7 Å². The van der Waals surface area contributed by atoms with Crippen molar-refractivity contribution in [2.24, 2.45) is 0 Å². The first-order valence-electron chi connectivity index (χ1n) is 12.8. The van der Waals surface area contributed by atoms with Gasteiger partial charge in [-0.25, -0.2) is 9.18 Å². The largest absolute Gasteiger partial charge is 0.463 e. The highest BCUT2D eigenvalue weighted by Crippen LogP contribution is 2.36. The molecular weight excluding hydrogens is 502 g/mol. The Morgan fingerprint density at radius 1 is 1.26 bits per heavy atom. The molecule has 9 heteroatoms. The number of esters is 1. The van der Waals surface area contributed by atoms with E-state index in [0.717, 1.165) is 43.2 Å². The predicted octanol–water partition coefficient (Wildman–Crippen LogP) is 5.87. The smallest absolute Gasteiger partial charge is 0.416 e. The molecule has 1 aliphatic rings. The second-order valence-corrected chi connectivity index (χ2v) is 9.60. The third-order valence-corrected chi connectivity index (χ3v) is 6.75. The van der Waals surface area contributed by atoms with E-state index in [2.05, 4.69) is 4.90 Å². The van der Waals surface area contributed by atoms with Crippen molar-refractivity contribution in [1.82, 2.24) is 4.90 Å². The summed E-state index contributed by atoms with van der Waals surface area (Å²) in [6, 6.07) is 9.14. The van der Waals surface area contributed by atoms with Gasteiger partial charge in [-0.1, -0.05) is 24.3 Å². The van der Waals surface area contributed by atoms with Crippen molar-refractivity contribution in [2.45, 2.75) is 64.5 Å². The number of aliphatic hydroxyl groups is 1. The molecule has 3 rings (SSSR count). The number of carbonyl (C=O) groups excluding carboxylic acids is 1. The number of likely N-dealkylation sites (tertiary alicyclic amines) is 1. The van der Waals surface area contributed by atoms with Crippen molar-refractivity contribution in [3.8, 4) is 0 Å². The lowest BCUT2D eigenvalue weighted by Gasteiger charge is -2.28. The molecule has 5 nitrogen and oxygen atoms in total. The van der Waals surface area contributed by atoms with Crippen LogP contribution in [-0.4, -0.2) is 54.4 Å². The Balaban J connectivity index is 1.65. The van der Waals surface area contributed by atoms with Crippen molar-refractivity contribution in [3.63, 3.8) is 0 Å². The van der Waals surface area contributed by atoms with Crippen molar-refractivity contribution < 1.29 is 36.9 Å². The summed E-state index contributed by atoms with van der Waals surface area (Å²) in [7, 11) is 0. The monoisotopic (exact) mass is 537 g/mol. The molecule has 0 aliphatic carbocycles. The van der Waals surface area contributed by atoms with Crippen LogP contribution in [0.1, 0.15) is 60.6 Å². The van der Waals surface area contributed by atoms with Gasteiger partial charge in [0.05, 0.1) is 31.0 Å². The number of nitrogens with zero attached hydrogens (tertiary/aromatic N) is 1. The maximum Gasteiger partial charge on any atom is 0.416 e. The number of rotatable bonds is 11. The minimum absolute atomic E-state index is 0.0825. The summed E-state index contributed by atoms with van der Waals surface area (Å²) in [5.74, 6) is -0.978. The summed E-state index contributed by atoms with van der Waals surface area (Å²) < 4.78 is 65.6. The molecule has 0 saturated carbocycles. The number of alkyl halides is 3. The molecule has 1 saturated heterocycles. The zero-order valence-corrected chi connectivity index (χ0v) is 21.9. The Morgan fingerprint density at radius 3 is 2.71 bits per heavy atom. The van der Waals surface area contributed by atoms with E-state index in [4.69, 9.17) is 9.47 Å². The number of hydrogen-bond acceptors (Lipinski definition) is 5. The van der Waals surface area contributed by atoms with Gasteiger partial charge in [0.25, 0.3) is 0 Å². The van der Waals surface area contributed by atoms with Crippen LogP contribution < -0.4 is 0 Å². The van der Waals surface area contributed by atoms with Gasteiger partial charge in [-0.3, -0.25) is 4.90 Å². The minimum Gasteiger partial charge on any atom is -0.463 e. The van der Waals surface area contributed by atoms with Crippen molar-refractivity contribution in [1.29, 1.82) is 0 Å². The molecule has 1 aliphatic heterocycles. The van der Waals surface area contributed by atoms with Gasteiger partial charge in [0.1, 0.15) is 5.82 Å². The molecule has 1 N–H and O–H groups in total. The molecule has 0 aromatic heterocycles. The molecule has 0 radical (unpaired) electrons. The van der Waals surface area contributed by atoms with Crippen LogP contribution in [0.2, 0.25) is 0 Å². The van der Waals surface area contributed by atoms with Crippen molar-refractivity contribution in [2.75, 3.05) is 26.3 Å². The maximum absolute atomic E-state index is 14.0. The summed E-state index contributed by atoms with van der Waals surface area (Å²) in [5.41, 5.74) is 0.670. The van der Waals surface area contributed by atoms with Crippen LogP contribution >= 0.6 is 0 Å². The Kier molecular flexibility index (Phi) is 10.5. The Labute approximate surface area is 221 Å². The van der Waals surface area contributed by atoms with Crippen LogP contribution in [0.5, 0.6) is 0 Å². The number of β-amino-alcohol motifs (C(OH)–C–C–N with tert-alkyl or cyclic N) is 1. The highest BCUT2D eigenvalue weighted by Gasteiger charge is 2.34. The number of carbonyl (C=O) groups is 1. The molecule has 2 aromatic carbocycles. The zero-order chi connectivity index (χ0) is 27.9. The van der Waals surface area contributed by atoms with Gasteiger partial charge < -0.3 is 14.6 Å². The molecule has 0 unspecified atom stereocenters. The number of aryl methyl sites for hydroxylation is 1. The number of hydrogen-bond donors (Lipinski definition) is 1. The second-order valence-electron chi connectivity index (χ2n) is 9.60. The summed E-state index contributed by atoms with van der Waals surface area (Å²) in [5, 5.41) is 10.7. The summed E-state index contributed by atoms with van der Waals surface area (Å²) >= 11 is 0. The SMILES string of the molecule is CCOC(=O)/C=C/c1c([C@@H](C)OC[C@H](O)CN2CCC[C@H]2Cc2ccc(C)c(F)c2)cccc1C(F)(F)F. The molecule has 38 heavy (non-hydrogen) atoms. The van der Waals surface area contributed by atoms with E-state index in [-0.39, 0.29) is 36.2 Å². The fourth-order valence-electron chi connectivity index (χ4n) is 4.78. The highest BCUT2D eigenvalue weighted by molar-refractivity contribution is 5.87. The van der Waals surface area contributed by atoms with Crippen molar-refractivity contribution in [3.05, 3.63) is 76.1 Å². The molecule has 1 fully saturated rings. The van der Waals surface area contributed by atoms with E-state index < -0.39 is 29.9 Å². The summed E-state index contributed by atoms with van der Waals surface area (Å²) in [6.45, 7) is 6.08. The van der Waals surface area contributed by atoms with Crippen molar-refractivity contribution >= 4 is 12.0 Å². The van der Waals surface area contributed by atoms with E-state index >= 15 is 0 Å². The standard InChI is InChI=1S/C29H35F4NO4/c1-4-37-28(36)13-12-25-24(8-5-9-26(25)29(31,32)33)20(3)38-18-23(35)17-34-14-6-7-22(34)15-21-11-10-19(2)27(30)16-21/h5,8-13,16,20,22-23,35H,4,6-7,14-15,17-18H2,1-3H3/b13-12+/t20-,22+,23-/m1/s1. The first kappa shape index (κ1) is 29.8. The second kappa shape index (κ2) is 13.4. The average Bonchev–Trinajstić information content (AvgIpc) is 3.29. The summed E-state index contributed by atoms with van der Waals surface area (Å²) in [4.78, 5) is 13.9. The molecule has 2 aromatic rings. The summed E-state index contributed by atoms with van der Waals surface area (Å²) in [6.07, 6.45) is -1.66. The molecule has 1 heterocycles. The lowest BCUT2D eigenvalue weighted by molar-refractivity contribution is -0.138. The molecule has 208 valence electrons. The van der Waals surface area contributed by atoms with Crippen LogP contribution in [0.4, 0.5) is 17.6 Å². The third kappa shape index (κ3) is 8.12. The highest BCUT2D eigenvalue weighted by atomic mass is 19.4. The fourth-order valence-corrected chi connectivity index (χ4v) is 4.78. The van der Waals surface area contributed by atoms with E-state index in [0.29, 0.717) is 18.5 Å². The molecule has 0 amide bonds. The number of aliphatic hydroxyl groups excluding tert-OH is 1. The topological polar surface area (TPSA) is 59.0 Å². The minimum atomic E-state index is -4.63. The molecule has 0 bridgehead atoms. The Bertz CT molecular complexity index is 1120. The molecule has 3 atom stereocenters. The van der Waals surface area contributed by atoms with Crippen LogP contribution in [0.15, 0.2) is 42.5 Å². The van der Waals surface area contributed by atoms with Crippen LogP contribution in [0, 0.1) is 12.7 Å². The van der Waals surface area contributed by atoms with Gasteiger partial charge in [-0.15, -0.1) is 0 Å². The normalized spacial score (nSPS) is 18.2. The van der Waals surface area contributed by atoms with Gasteiger partial charge in [-0.05, 0) is 87.0 Å². The predicted molar refractivity (Wildman–Crippen MR) is 137 cm³/mol. The lowest BCUT2D eigenvalue weighted by atomic mass is 9.96. The first-order valence-corrected chi connectivity index (χ1v) is 12.8. The van der Waals surface area contributed by atoms with Crippen LogP contribution in [0.25, 0.3) is 6.08 Å². The average molecular weight is 538 g/mol. The van der Waals surface area contributed by atoms with E-state index in [9.17, 15) is 27.5 Å². The van der Waals surface area contributed by atoms with Crippen LogP contribution in [-0.2, 0) is 26.9 Å². The molecule has 0 spiro atoms. The van der Waals surface area contributed by atoms with E-state index in [1.165, 1.54) is 12.1 Å². The van der Waals surface area contributed by atoms with Crippen LogP contribution in [0.3, 0.4) is 0 Å².